The van der Waals surface area contributed by atoms with Gasteiger partial charge < -0.3 is 0 Å². The van der Waals surface area contributed by atoms with E-state index in [0.29, 0.717) is 0 Å². The summed E-state index contributed by atoms with van der Waals surface area (Å²) in [4.78, 5) is 4.72. The Kier molecular flexibility index (Phi) is 3.61. The van der Waals surface area contributed by atoms with Crippen LogP contribution in [0.1, 0.15) is 0 Å². The van der Waals surface area contributed by atoms with Crippen molar-refractivity contribution in [2.24, 2.45) is 0 Å². The van der Waals surface area contributed by atoms with Crippen molar-refractivity contribution in [3.05, 3.63) is 31.5 Å². The molecular weight excluding hydrogens is 440 g/mol. The van der Waals surface area contributed by atoms with Gasteiger partial charge >= 0.3 is 0 Å². The number of rotatable bonds is 1. The van der Waals surface area contributed by atoms with E-state index in [0.717, 1.165) is 5.52 Å². The average Bonchev–Trinajstić information content (AvgIpc) is 2.15. The predicted octanol–water partition coefficient (Wildman–Crippen LogP) is 3.99. The molecule has 0 saturated heterocycles. The zero-order valence-corrected chi connectivity index (χ0v) is 14.8. The van der Waals surface area contributed by atoms with E-state index in [4.69, 9.17) is 4.98 Å². The molecule has 0 spiro atoms. The second-order valence-corrected chi connectivity index (χ2v) is 12.0. The van der Waals surface area contributed by atoms with Crippen LogP contribution in [0.3, 0.4) is 0 Å². The van der Waals surface area contributed by atoms with Gasteiger partial charge in [-0.05, 0) is 56.4 Å². The maximum atomic E-state index is 4.72. The zero-order chi connectivity index (χ0) is 11.9. The second kappa shape index (κ2) is 4.53. The molecule has 4 heteroatoms. The number of nitrogens with zero attached hydrogens (tertiary/aromatic N) is 1. The molecule has 0 amide bonds. The number of pyridine rings is 1. The molecule has 0 radical (unpaired) electrons. The van der Waals surface area contributed by atoms with Gasteiger partial charge in [-0.3, -0.25) is 0 Å². The monoisotopic (exact) mass is 453 g/mol. The molecule has 0 N–H and O–H groups in total. The number of halogens is 2. The Morgan fingerprint density at radius 2 is 1.69 bits per heavy atom. The first-order valence-electron chi connectivity index (χ1n) is 5.15. The van der Waals surface area contributed by atoms with Gasteiger partial charge in [-0.25, -0.2) is 4.98 Å². The number of hydrogen-bond donors (Lipinski definition) is 0. The molecule has 0 aliphatic heterocycles. The van der Waals surface area contributed by atoms with Crippen molar-refractivity contribution in [1.29, 1.82) is 0 Å². The number of hydrogen-bond acceptors (Lipinski definition) is 1. The van der Waals surface area contributed by atoms with Crippen LogP contribution in [0, 0.1) is 7.27 Å². The Morgan fingerprint density at radius 1 is 1.06 bits per heavy atom. The lowest BCUT2D eigenvalue weighted by atomic mass is 10.2. The summed E-state index contributed by atoms with van der Waals surface area (Å²) in [5.74, 6) is 0. The topological polar surface area (TPSA) is 12.9 Å². The van der Waals surface area contributed by atoms with Gasteiger partial charge in [0.2, 0.25) is 0 Å². The van der Waals surface area contributed by atoms with Gasteiger partial charge in [-0.1, -0.05) is 37.8 Å². The first-order chi connectivity index (χ1) is 7.41. The molecule has 84 valence electrons. The highest BCUT2D eigenvalue weighted by Crippen LogP contribution is 2.22. The molecule has 2 aromatic rings. The van der Waals surface area contributed by atoms with E-state index in [1.807, 2.05) is 0 Å². The number of para-hydroxylation sites is 1. The highest BCUT2D eigenvalue weighted by molar-refractivity contribution is 14.1. The fourth-order valence-corrected chi connectivity index (χ4v) is 9.86. The smallest absolute Gasteiger partial charge is 0.102 e. The normalized spacial score (nSPS) is 12.1. The van der Waals surface area contributed by atoms with Gasteiger partial charge in [0.25, 0.3) is 0 Å². The lowest BCUT2D eigenvalue weighted by Gasteiger charge is -2.21. The van der Waals surface area contributed by atoms with Gasteiger partial charge in [0.15, 0.2) is 0 Å². The minimum atomic E-state index is -1.32. The van der Waals surface area contributed by atoms with Crippen molar-refractivity contribution in [3.63, 3.8) is 0 Å². The van der Waals surface area contributed by atoms with Crippen molar-refractivity contribution in [2.75, 3.05) is 0 Å². The van der Waals surface area contributed by atoms with E-state index in [1.54, 1.807) is 0 Å². The van der Waals surface area contributed by atoms with Gasteiger partial charge in [0.05, 0.1) is 13.6 Å². The molecule has 0 fully saturated rings. The van der Waals surface area contributed by atoms with E-state index in [-0.39, 0.29) is 0 Å². The lowest BCUT2D eigenvalue weighted by Crippen LogP contribution is -2.42. The fraction of sp³-hybridized carbons (Fsp3) is 0.250. The fourth-order valence-electron chi connectivity index (χ4n) is 1.78. The predicted molar refractivity (Wildman–Crippen MR) is 90.2 cm³/mol. The van der Waals surface area contributed by atoms with E-state index in [9.17, 15) is 0 Å². The molecule has 2 rings (SSSR count). The molecule has 16 heavy (non-hydrogen) atoms. The van der Waals surface area contributed by atoms with Crippen LogP contribution in [0.5, 0.6) is 0 Å². The molecule has 0 saturated carbocycles. The van der Waals surface area contributed by atoms with Gasteiger partial charge in [-0.2, -0.15) is 0 Å². The Hall–Kier alpha value is 0.307. The van der Waals surface area contributed by atoms with Crippen molar-refractivity contribution < 1.29 is 0 Å². The quantitative estimate of drug-likeness (QED) is 0.362. The molecule has 0 unspecified atom stereocenters. The van der Waals surface area contributed by atoms with E-state index in [1.165, 1.54) is 17.8 Å². The summed E-state index contributed by atoms with van der Waals surface area (Å²) in [6.07, 6.45) is 0. The van der Waals surface area contributed by atoms with E-state index < -0.39 is 8.07 Å². The maximum absolute atomic E-state index is 4.72. The Bertz CT molecular complexity index is 546. The number of benzene rings is 1. The first kappa shape index (κ1) is 12.8. The van der Waals surface area contributed by atoms with Crippen molar-refractivity contribution >= 4 is 69.3 Å². The van der Waals surface area contributed by atoms with Crippen LogP contribution < -0.4 is 5.19 Å². The van der Waals surface area contributed by atoms with Crippen LogP contribution >= 0.6 is 45.2 Å². The third-order valence-electron chi connectivity index (χ3n) is 2.53. The van der Waals surface area contributed by atoms with E-state index >= 15 is 0 Å². The summed E-state index contributed by atoms with van der Waals surface area (Å²) in [6.45, 7) is 7.13. The molecule has 0 aliphatic rings. The summed E-state index contributed by atoms with van der Waals surface area (Å²) < 4.78 is 2.58. The highest BCUT2D eigenvalue weighted by atomic mass is 127. The van der Waals surface area contributed by atoms with Crippen LogP contribution in [-0.4, -0.2) is 13.1 Å². The van der Waals surface area contributed by atoms with E-state index in [2.05, 4.69) is 89.1 Å². The summed E-state index contributed by atoms with van der Waals surface area (Å²) in [5, 5.41) is 2.79. The number of aromatic nitrogens is 1. The molecule has 0 aliphatic carbocycles. The van der Waals surface area contributed by atoms with Crippen molar-refractivity contribution in [2.45, 2.75) is 19.6 Å². The third kappa shape index (κ3) is 2.28. The molecule has 0 bridgehead atoms. The molecular formula is C12H13I2NSi. The van der Waals surface area contributed by atoms with Crippen LogP contribution in [0.25, 0.3) is 10.9 Å². The first-order valence-corrected chi connectivity index (χ1v) is 10.8. The number of fused-ring (bicyclic) bond motifs is 1. The minimum Gasteiger partial charge on any atom is -0.242 e. The van der Waals surface area contributed by atoms with Gasteiger partial charge in [0, 0.05) is 8.96 Å². The van der Waals surface area contributed by atoms with Gasteiger partial charge in [0.1, 0.15) is 3.70 Å². The second-order valence-electron chi connectivity index (χ2n) is 4.86. The molecule has 1 aromatic heterocycles. The summed E-state index contributed by atoms with van der Waals surface area (Å²) >= 11 is 4.86. The van der Waals surface area contributed by atoms with Gasteiger partial charge in [-0.15, -0.1) is 0 Å². The summed E-state index contributed by atoms with van der Waals surface area (Å²) in [6, 6.07) is 8.40. The van der Waals surface area contributed by atoms with Crippen LogP contribution in [0.4, 0.5) is 0 Å². The van der Waals surface area contributed by atoms with Crippen LogP contribution in [-0.2, 0) is 0 Å². The zero-order valence-electron chi connectivity index (χ0n) is 9.51. The molecule has 1 heterocycles. The highest BCUT2D eigenvalue weighted by Gasteiger charge is 2.24. The summed E-state index contributed by atoms with van der Waals surface area (Å²) in [7, 11) is -1.32. The standard InChI is InChI=1S/C12H13I2NSi/c1-16(2,3)11-10(13)8-6-4-5-7-9(8)15-12(11)14/h4-7H,1-3H3. The van der Waals surface area contributed by atoms with Crippen LogP contribution in [0.15, 0.2) is 24.3 Å². The summed E-state index contributed by atoms with van der Waals surface area (Å²) in [5.41, 5.74) is 1.11. The third-order valence-corrected chi connectivity index (χ3v) is 7.44. The van der Waals surface area contributed by atoms with Crippen molar-refractivity contribution in [1.82, 2.24) is 4.98 Å². The van der Waals surface area contributed by atoms with Crippen molar-refractivity contribution in [3.8, 4) is 0 Å². The molecule has 0 atom stereocenters. The Morgan fingerprint density at radius 3 is 2.31 bits per heavy atom. The lowest BCUT2D eigenvalue weighted by molar-refractivity contribution is 1.35. The Balaban J connectivity index is 2.86. The maximum Gasteiger partial charge on any atom is 0.102 e. The Labute approximate surface area is 124 Å². The van der Waals surface area contributed by atoms with Crippen LogP contribution in [0.2, 0.25) is 19.6 Å². The average molecular weight is 453 g/mol. The molecule has 1 aromatic carbocycles. The molecule has 1 nitrogen and oxygen atoms in total. The minimum absolute atomic E-state index is 1.11. The largest absolute Gasteiger partial charge is 0.242 e. The SMILES string of the molecule is C[Si](C)(C)c1c(I)nc2ccccc2c1I.